The smallest absolute Gasteiger partial charge is 0.271 e. The fourth-order valence-corrected chi connectivity index (χ4v) is 6.15. The third-order valence-corrected chi connectivity index (χ3v) is 8.48. The molecule has 15 nitrogen and oxygen atoms in total. The predicted molar refractivity (Wildman–Crippen MR) is 161 cm³/mol. The Morgan fingerprint density at radius 1 is 1.00 bits per heavy atom. The molecule has 16 heteroatoms. The second-order valence-electron chi connectivity index (χ2n) is 10.3. The van der Waals surface area contributed by atoms with Crippen molar-refractivity contribution in [3.05, 3.63) is 99.7 Å². The van der Waals surface area contributed by atoms with Gasteiger partial charge in [0.05, 0.1) is 22.5 Å². The van der Waals surface area contributed by atoms with Gasteiger partial charge in [0.2, 0.25) is 5.91 Å². The number of aliphatic hydroxyl groups is 2. The summed E-state index contributed by atoms with van der Waals surface area (Å²) in [7, 11) is 0. The normalized spacial score (nSPS) is 19.6. The van der Waals surface area contributed by atoms with Gasteiger partial charge in [0.1, 0.15) is 24.0 Å². The first-order chi connectivity index (χ1) is 21.6. The number of nitro groups is 1. The number of non-ortho nitro benzene ring substituents is 1. The second-order valence-corrected chi connectivity index (χ2v) is 11.2. The van der Waals surface area contributed by atoms with Crippen LogP contribution in [0.2, 0.25) is 0 Å². The molecule has 3 heterocycles. The lowest BCUT2D eigenvalue weighted by Crippen LogP contribution is -2.34. The van der Waals surface area contributed by atoms with Crippen molar-refractivity contribution in [1.29, 1.82) is 0 Å². The molecule has 5 aromatic rings. The number of nitrogens with two attached hydrogens (primary N) is 2. The van der Waals surface area contributed by atoms with E-state index in [0.717, 1.165) is 5.56 Å². The number of imidazole rings is 1. The number of amides is 2. The van der Waals surface area contributed by atoms with Gasteiger partial charge in [0.15, 0.2) is 17.1 Å². The highest BCUT2D eigenvalue weighted by molar-refractivity contribution is 7.98. The minimum Gasteiger partial charge on any atom is -0.387 e. The van der Waals surface area contributed by atoms with Crippen molar-refractivity contribution < 1.29 is 29.5 Å². The average Bonchev–Trinajstić information content (AvgIpc) is 3.71. The molecular weight excluding hydrogens is 604 g/mol. The average molecular weight is 631 g/mol. The Balaban J connectivity index is 1.32. The van der Waals surface area contributed by atoms with E-state index >= 15 is 0 Å². The van der Waals surface area contributed by atoms with Crippen LogP contribution in [0.1, 0.15) is 32.6 Å². The van der Waals surface area contributed by atoms with Crippen molar-refractivity contribution in [3.8, 4) is 11.3 Å². The molecule has 1 saturated heterocycles. The third kappa shape index (κ3) is 5.74. The van der Waals surface area contributed by atoms with Gasteiger partial charge >= 0.3 is 0 Å². The molecule has 6 N–H and O–H groups in total. The highest BCUT2D eigenvalue weighted by Gasteiger charge is 2.46. The van der Waals surface area contributed by atoms with E-state index in [4.69, 9.17) is 16.2 Å². The summed E-state index contributed by atoms with van der Waals surface area (Å²) >= 11 is 1.33. The van der Waals surface area contributed by atoms with Crippen LogP contribution in [0.25, 0.3) is 22.3 Å². The van der Waals surface area contributed by atoms with Crippen molar-refractivity contribution in [2.24, 2.45) is 11.5 Å². The maximum absolute atomic E-state index is 12.2. The fraction of sp³-hybridized carbons (Fsp3) is 0.207. The van der Waals surface area contributed by atoms with E-state index < -0.39 is 41.3 Å². The number of carbonyl (C=O) groups excluding carboxylic acids is 2. The van der Waals surface area contributed by atoms with Gasteiger partial charge in [-0.15, -0.1) is 5.10 Å². The summed E-state index contributed by atoms with van der Waals surface area (Å²) < 4.78 is 9.20. The molecule has 0 bridgehead atoms. The molecule has 1 aliphatic rings. The van der Waals surface area contributed by atoms with Crippen LogP contribution >= 0.6 is 11.8 Å². The molecule has 1 aliphatic heterocycles. The van der Waals surface area contributed by atoms with Gasteiger partial charge in [-0.2, -0.15) is 0 Å². The van der Waals surface area contributed by atoms with Crippen LogP contribution in [0.15, 0.2) is 78.0 Å². The standard InChI is InChI=1S/C29H26N8O7S/c30-26(40)17-8-11-20-19(12-17)32-29(45-14-15-6-9-18(10-7-15)37(42)43)35(20)13-21-24(38)25(39)28(44-21)36-23(16-4-2-1-3-5-16)22(27(31)41)33-34-36/h1-12,21,24-25,28,38-39H,13-14H2,(H2,30,40)(H2,31,41)/t21?,24-,25-,28?/m1/s1. The quantitative estimate of drug-likeness (QED) is 0.0991. The van der Waals surface area contributed by atoms with Crippen molar-refractivity contribution in [1.82, 2.24) is 24.5 Å². The van der Waals surface area contributed by atoms with Gasteiger partial charge in [-0.3, -0.25) is 19.7 Å². The number of ether oxygens (including phenoxy) is 1. The van der Waals surface area contributed by atoms with Gasteiger partial charge in [0, 0.05) is 29.0 Å². The lowest BCUT2D eigenvalue weighted by Gasteiger charge is -2.18. The number of rotatable bonds is 10. The third-order valence-electron chi connectivity index (χ3n) is 7.43. The van der Waals surface area contributed by atoms with Gasteiger partial charge < -0.3 is 31.0 Å². The van der Waals surface area contributed by atoms with Gasteiger partial charge in [-0.25, -0.2) is 9.67 Å². The molecule has 45 heavy (non-hydrogen) atoms. The Bertz CT molecular complexity index is 1910. The predicted octanol–water partition coefficient (Wildman–Crippen LogP) is 2.01. The Kier molecular flexibility index (Phi) is 8.03. The van der Waals surface area contributed by atoms with Crippen LogP contribution in [-0.4, -0.2) is 69.8 Å². The van der Waals surface area contributed by atoms with Crippen molar-refractivity contribution in [2.45, 2.75) is 42.0 Å². The molecule has 0 spiro atoms. The number of nitrogens with zero attached hydrogens (tertiary/aromatic N) is 6. The highest BCUT2D eigenvalue weighted by Crippen LogP contribution is 2.36. The molecule has 2 amide bonds. The molecule has 4 atom stereocenters. The van der Waals surface area contributed by atoms with E-state index in [-0.39, 0.29) is 29.2 Å². The number of hydrogen-bond acceptors (Lipinski definition) is 11. The number of nitro benzene ring substituents is 1. The largest absolute Gasteiger partial charge is 0.387 e. The topological polar surface area (TPSA) is 228 Å². The van der Waals surface area contributed by atoms with E-state index in [1.807, 2.05) is 0 Å². The zero-order chi connectivity index (χ0) is 31.8. The molecule has 1 fully saturated rings. The van der Waals surface area contributed by atoms with Crippen LogP contribution in [0, 0.1) is 10.1 Å². The zero-order valence-corrected chi connectivity index (χ0v) is 24.2. The molecule has 0 radical (unpaired) electrons. The van der Waals surface area contributed by atoms with Crippen LogP contribution < -0.4 is 11.5 Å². The highest BCUT2D eigenvalue weighted by atomic mass is 32.2. The minimum atomic E-state index is -1.45. The second kappa shape index (κ2) is 12.1. The number of fused-ring (bicyclic) bond motifs is 1. The zero-order valence-electron chi connectivity index (χ0n) is 23.3. The first kappa shape index (κ1) is 29.9. The van der Waals surface area contributed by atoms with E-state index in [9.17, 15) is 29.9 Å². The number of aliphatic hydroxyl groups excluding tert-OH is 2. The molecule has 0 aliphatic carbocycles. The number of carbonyl (C=O) groups is 2. The van der Waals surface area contributed by atoms with E-state index in [0.29, 0.717) is 27.5 Å². The van der Waals surface area contributed by atoms with Gasteiger partial charge in [-0.05, 0) is 23.8 Å². The van der Waals surface area contributed by atoms with Crippen LogP contribution in [0.5, 0.6) is 0 Å². The number of thioether (sulfide) groups is 1. The number of benzene rings is 3. The van der Waals surface area contributed by atoms with Crippen LogP contribution in [-0.2, 0) is 17.0 Å². The van der Waals surface area contributed by atoms with Crippen molar-refractivity contribution in [2.75, 3.05) is 0 Å². The lowest BCUT2D eigenvalue weighted by molar-refractivity contribution is -0.384. The summed E-state index contributed by atoms with van der Waals surface area (Å²) in [4.78, 5) is 39.3. The summed E-state index contributed by atoms with van der Waals surface area (Å²) in [6.45, 7) is 0.0295. The summed E-state index contributed by atoms with van der Waals surface area (Å²) in [5.74, 6) is -1.04. The first-order valence-electron chi connectivity index (χ1n) is 13.6. The van der Waals surface area contributed by atoms with Crippen molar-refractivity contribution >= 4 is 40.3 Å². The summed E-state index contributed by atoms with van der Waals surface area (Å²) in [5, 5.41) is 41.7. The van der Waals surface area contributed by atoms with Crippen molar-refractivity contribution in [3.63, 3.8) is 0 Å². The van der Waals surface area contributed by atoms with E-state index in [2.05, 4.69) is 15.3 Å². The summed E-state index contributed by atoms with van der Waals surface area (Å²) in [6.07, 6.45) is -5.02. The Morgan fingerprint density at radius 3 is 2.40 bits per heavy atom. The van der Waals surface area contributed by atoms with Gasteiger partial charge in [0.25, 0.3) is 11.6 Å². The number of aromatic nitrogens is 5. The SMILES string of the molecule is NC(=O)c1ccc2c(c1)nc(SCc1ccc([N+](=O)[O-])cc1)n2CC1OC(n2nnc(C(N)=O)c2-c2ccccc2)[C@H](O)[C@@H]1O. The molecular formula is C29H26N8O7S. The first-order valence-corrected chi connectivity index (χ1v) is 14.6. The Labute approximate surface area is 258 Å². The molecule has 6 rings (SSSR count). The van der Waals surface area contributed by atoms with Crippen LogP contribution in [0.4, 0.5) is 5.69 Å². The minimum absolute atomic E-state index is 0.0267. The lowest BCUT2D eigenvalue weighted by atomic mass is 10.1. The molecule has 2 unspecified atom stereocenters. The fourth-order valence-electron chi connectivity index (χ4n) is 5.17. The summed E-state index contributed by atoms with van der Waals surface area (Å²) in [5.41, 5.74) is 13.8. The molecule has 2 aromatic heterocycles. The molecule has 230 valence electrons. The van der Waals surface area contributed by atoms with Crippen LogP contribution in [0.3, 0.4) is 0 Å². The Morgan fingerprint density at radius 2 is 1.73 bits per heavy atom. The van der Waals surface area contributed by atoms with E-state index in [1.54, 1.807) is 65.2 Å². The Hall–Kier alpha value is -5.16. The van der Waals surface area contributed by atoms with E-state index in [1.165, 1.54) is 28.6 Å². The maximum atomic E-state index is 12.2. The number of primary amides is 2. The molecule has 0 saturated carbocycles. The van der Waals surface area contributed by atoms with Gasteiger partial charge in [-0.1, -0.05) is 59.4 Å². The molecule has 3 aromatic carbocycles. The number of hydrogen-bond donors (Lipinski definition) is 4. The maximum Gasteiger partial charge on any atom is 0.271 e. The summed E-state index contributed by atoms with van der Waals surface area (Å²) in [6, 6.07) is 19.7. The monoisotopic (exact) mass is 630 g/mol.